The van der Waals surface area contributed by atoms with Crippen molar-refractivity contribution >= 4 is 11.9 Å². The van der Waals surface area contributed by atoms with E-state index in [-0.39, 0.29) is 12.3 Å². The van der Waals surface area contributed by atoms with Gasteiger partial charge in [0.2, 0.25) is 5.91 Å². The highest BCUT2D eigenvalue weighted by Crippen LogP contribution is 2.13. The third-order valence-corrected chi connectivity index (χ3v) is 3.33. The lowest BCUT2D eigenvalue weighted by Crippen LogP contribution is -2.25. The highest BCUT2D eigenvalue weighted by molar-refractivity contribution is 5.75. The number of aliphatic carboxylic acids is 1. The van der Waals surface area contributed by atoms with Crippen molar-refractivity contribution in [3.63, 3.8) is 0 Å². The normalized spacial score (nSPS) is 18.8. The standard InChI is InChI=1S/C13H24N2O3/c16-12(6-5-11-7-9-14-10-11)15-8-3-1-2-4-13(17)18/h11,14H,1-10H2,(H,15,16)(H,17,18). The summed E-state index contributed by atoms with van der Waals surface area (Å²) in [4.78, 5) is 21.8. The first kappa shape index (κ1) is 15.0. The van der Waals surface area contributed by atoms with Gasteiger partial charge in [-0.25, -0.2) is 0 Å². The van der Waals surface area contributed by atoms with E-state index in [4.69, 9.17) is 5.11 Å². The van der Waals surface area contributed by atoms with Crippen molar-refractivity contribution in [3.05, 3.63) is 0 Å². The van der Waals surface area contributed by atoms with Crippen LogP contribution in [0, 0.1) is 5.92 Å². The molecular weight excluding hydrogens is 232 g/mol. The van der Waals surface area contributed by atoms with Gasteiger partial charge in [-0.1, -0.05) is 6.42 Å². The van der Waals surface area contributed by atoms with Crippen LogP contribution in [0.4, 0.5) is 0 Å². The van der Waals surface area contributed by atoms with Gasteiger partial charge in [0.05, 0.1) is 0 Å². The van der Waals surface area contributed by atoms with Gasteiger partial charge in [0.25, 0.3) is 0 Å². The Hall–Kier alpha value is -1.10. The molecule has 3 N–H and O–H groups in total. The number of carboxylic acid groups (broad SMARTS) is 1. The van der Waals surface area contributed by atoms with Gasteiger partial charge in [0.15, 0.2) is 0 Å². The van der Waals surface area contributed by atoms with Gasteiger partial charge < -0.3 is 15.7 Å². The van der Waals surface area contributed by atoms with Crippen molar-refractivity contribution in [1.82, 2.24) is 10.6 Å². The van der Waals surface area contributed by atoms with Crippen molar-refractivity contribution in [1.29, 1.82) is 0 Å². The van der Waals surface area contributed by atoms with Crippen molar-refractivity contribution in [3.8, 4) is 0 Å². The number of carboxylic acids is 1. The maximum Gasteiger partial charge on any atom is 0.303 e. The van der Waals surface area contributed by atoms with E-state index >= 15 is 0 Å². The molecule has 5 heteroatoms. The summed E-state index contributed by atoms with van der Waals surface area (Å²) >= 11 is 0. The van der Waals surface area contributed by atoms with Gasteiger partial charge in [-0.2, -0.15) is 0 Å². The fraction of sp³-hybridized carbons (Fsp3) is 0.846. The quantitative estimate of drug-likeness (QED) is 0.540. The molecule has 1 heterocycles. The van der Waals surface area contributed by atoms with Crippen LogP contribution in [-0.2, 0) is 9.59 Å². The smallest absolute Gasteiger partial charge is 0.303 e. The number of carbonyl (C=O) groups is 2. The highest BCUT2D eigenvalue weighted by Gasteiger charge is 2.15. The maximum atomic E-state index is 11.5. The predicted octanol–water partition coefficient (Wildman–Crippen LogP) is 1.14. The second-order valence-electron chi connectivity index (χ2n) is 4.95. The zero-order chi connectivity index (χ0) is 13.2. The summed E-state index contributed by atoms with van der Waals surface area (Å²) in [6.07, 6.45) is 5.41. The SMILES string of the molecule is O=C(O)CCCCCNC(=O)CCC1CCNC1. The molecule has 0 aliphatic carbocycles. The van der Waals surface area contributed by atoms with E-state index in [1.54, 1.807) is 0 Å². The molecule has 1 aliphatic rings. The van der Waals surface area contributed by atoms with Gasteiger partial charge in [0.1, 0.15) is 0 Å². The van der Waals surface area contributed by atoms with E-state index < -0.39 is 5.97 Å². The van der Waals surface area contributed by atoms with Gasteiger partial charge in [-0.3, -0.25) is 9.59 Å². The summed E-state index contributed by atoms with van der Waals surface area (Å²) in [6, 6.07) is 0. The topological polar surface area (TPSA) is 78.4 Å². The Balaban J connectivity index is 1.88. The van der Waals surface area contributed by atoms with Crippen molar-refractivity contribution in [2.24, 2.45) is 5.92 Å². The van der Waals surface area contributed by atoms with Gasteiger partial charge in [-0.05, 0) is 44.7 Å². The highest BCUT2D eigenvalue weighted by atomic mass is 16.4. The van der Waals surface area contributed by atoms with Crippen molar-refractivity contribution in [2.45, 2.75) is 44.9 Å². The van der Waals surface area contributed by atoms with Gasteiger partial charge in [-0.15, -0.1) is 0 Å². The second-order valence-corrected chi connectivity index (χ2v) is 4.95. The number of amides is 1. The van der Waals surface area contributed by atoms with E-state index in [0.717, 1.165) is 32.4 Å². The summed E-state index contributed by atoms with van der Waals surface area (Å²) in [6.45, 7) is 2.79. The Bertz CT molecular complexity index is 263. The number of hydrogen-bond donors (Lipinski definition) is 3. The molecular formula is C13H24N2O3. The molecule has 104 valence electrons. The molecule has 1 aliphatic heterocycles. The average Bonchev–Trinajstić information content (AvgIpc) is 2.83. The largest absolute Gasteiger partial charge is 0.481 e. The maximum absolute atomic E-state index is 11.5. The Morgan fingerprint density at radius 3 is 2.72 bits per heavy atom. The van der Waals surface area contributed by atoms with Crippen LogP contribution in [0.1, 0.15) is 44.9 Å². The summed E-state index contributed by atoms with van der Waals surface area (Å²) in [7, 11) is 0. The molecule has 1 saturated heterocycles. The summed E-state index contributed by atoms with van der Waals surface area (Å²) < 4.78 is 0. The summed E-state index contributed by atoms with van der Waals surface area (Å²) in [5.74, 6) is 0.0376. The minimum absolute atomic E-state index is 0.125. The van der Waals surface area contributed by atoms with Crippen LogP contribution in [0.2, 0.25) is 0 Å². The van der Waals surface area contributed by atoms with E-state index in [0.29, 0.717) is 25.3 Å². The van der Waals surface area contributed by atoms with Crippen LogP contribution in [-0.4, -0.2) is 36.6 Å². The Labute approximate surface area is 108 Å². The molecule has 1 fully saturated rings. The molecule has 0 aromatic rings. The molecule has 1 rings (SSSR count). The average molecular weight is 256 g/mol. The lowest BCUT2D eigenvalue weighted by Gasteiger charge is -2.08. The molecule has 0 saturated carbocycles. The van der Waals surface area contributed by atoms with Crippen molar-refractivity contribution in [2.75, 3.05) is 19.6 Å². The first-order valence-electron chi connectivity index (χ1n) is 6.87. The van der Waals surface area contributed by atoms with E-state index in [1.165, 1.54) is 6.42 Å². The lowest BCUT2D eigenvalue weighted by molar-refractivity contribution is -0.137. The van der Waals surface area contributed by atoms with Crippen LogP contribution in [0.5, 0.6) is 0 Å². The number of nitrogens with one attached hydrogen (secondary N) is 2. The molecule has 1 amide bonds. The van der Waals surface area contributed by atoms with E-state index in [1.807, 2.05) is 0 Å². The first-order chi connectivity index (χ1) is 8.68. The van der Waals surface area contributed by atoms with Crippen LogP contribution >= 0.6 is 0 Å². The summed E-state index contributed by atoms with van der Waals surface area (Å²) in [5, 5.41) is 14.6. The Morgan fingerprint density at radius 2 is 2.06 bits per heavy atom. The number of unbranched alkanes of at least 4 members (excludes halogenated alkanes) is 2. The van der Waals surface area contributed by atoms with Crippen LogP contribution in [0.15, 0.2) is 0 Å². The third-order valence-electron chi connectivity index (χ3n) is 3.33. The number of carbonyl (C=O) groups excluding carboxylic acids is 1. The van der Waals surface area contributed by atoms with Crippen LogP contribution in [0.25, 0.3) is 0 Å². The first-order valence-corrected chi connectivity index (χ1v) is 6.87. The van der Waals surface area contributed by atoms with E-state index in [9.17, 15) is 9.59 Å². The Kier molecular flexibility index (Phi) is 7.41. The lowest BCUT2D eigenvalue weighted by atomic mass is 10.0. The number of hydrogen-bond acceptors (Lipinski definition) is 3. The second kappa shape index (κ2) is 8.91. The van der Waals surface area contributed by atoms with Crippen molar-refractivity contribution < 1.29 is 14.7 Å². The molecule has 0 aromatic heterocycles. The Morgan fingerprint density at radius 1 is 1.22 bits per heavy atom. The van der Waals surface area contributed by atoms with Crippen LogP contribution < -0.4 is 10.6 Å². The number of rotatable bonds is 9. The molecule has 1 unspecified atom stereocenters. The molecule has 5 nitrogen and oxygen atoms in total. The van der Waals surface area contributed by atoms with Gasteiger partial charge in [0, 0.05) is 19.4 Å². The summed E-state index contributed by atoms with van der Waals surface area (Å²) in [5.41, 5.74) is 0. The zero-order valence-electron chi connectivity index (χ0n) is 10.9. The minimum atomic E-state index is -0.746. The minimum Gasteiger partial charge on any atom is -0.481 e. The molecule has 0 spiro atoms. The van der Waals surface area contributed by atoms with Gasteiger partial charge >= 0.3 is 5.97 Å². The van der Waals surface area contributed by atoms with Crippen LogP contribution in [0.3, 0.4) is 0 Å². The fourth-order valence-corrected chi connectivity index (χ4v) is 2.19. The molecule has 0 aromatic carbocycles. The third kappa shape index (κ3) is 7.27. The molecule has 0 bridgehead atoms. The zero-order valence-corrected chi connectivity index (χ0v) is 10.9. The van der Waals surface area contributed by atoms with E-state index in [2.05, 4.69) is 10.6 Å². The predicted molar refractivity (Wildman–Crippen MR) is 69.3 cm³/mol. The monoisotopic (exact) mass is 256 g/mol. The fourth-order valence-electron chi connectivity index (χ4n) is 2.19. The molecule has 1 atom stereocenters. The molecule has 18 heavy (non-hydrogen) atoms. The molecule has 0 radical (unpaired) electrons.